The predicted molar refractivity (Wildman–Crippen MR) is 111 cm³/mol. The Bertz CT molecular complexity index is 789. The van der Waals surface area contributed by atoms with Crippen molar-refractivity contribution in [2.75, 3.05) is 33.3 Å². The van der Waals surface area contributed by atoms with Crippen molar-refractivity contribution in [1.82, 2.24) is 9.62 Å². The van der Waals surface area contributed by atoms with Crippen LogP contribution in [0.5, 0.6) is 5.75 Å². The Kier molecular flexibility index (Phi) is 7.19. The quantitative estimate of drug-likeness (QED) is 0.703. The third-order valence-corrected chi connectivity index (χ3v) is 8.42. The summed E-state index contributed by atoms with van der Waals surface area (Å²) in [5.74, 6) is 1.25. The van der Waals surface area contributed by atoms with Gasteiger partial charge >= 0.3 is 0 Å². The minimum absolute atomic E-state index is 0.0882. The summed E-state index contributed by atoms with van der Waals surface area (Å²) in [4.78, 5) is 14.2. The Morgan fingerprint density at radius 2 is 1.79 bits per heavy atom. The lowest BCUT2D eigenvalue weighted by Gasteiger charge is -2.35. The molecule has 1 aliphatic carbocycles. The van der Waals surface area contributed by atoms with E-state index in [9.17, 15) is 13.2 Å². The first-order valence-electron chi connectivity index (χ1n) is 10.6. The van der Waals surface area contributed by atoms with Gasteiger partial charge in [-0.15, -0.1) is 0 Å². The third kappa shape index (κ3) is 5.10. The van der Waals surface area contributed by atoms with Crippen LogP contribution in [-0.4, -0.2) is 64.0 Å². The second-order valence-electron chi connectivity index (χ2n) is 8.34. The average Bonchev–Trinajstić information content (AvgIpc) is 2.75. The van der Waals surface area contributed by atoms with Gasteiger partial charge in [-0.05, 0) is 49.9 Å². The monoisotopic (exact) mass is 424 g/mol. The fourth-order valence-corrected chi connectivity index (χ4v) is 5.81. The summed E-state index contributed by atoms with van der Waals surface area (Å²) in [6.45, 7) is 6.26. The van der Waals surface area contributed by atoms with Crippen LogP contribution in [0.15, 0.2) is 29.2 Å². The summed E-state index contributed by atoms with van der Waals surface area (Å²) >= 11 is 0. The summed E-state index contributed by atoms with van der Waals surface area (Å²) in [6.07, 6.45) is 4.66. The van der Waals surface area contributed by atoms with Crippen molar-refractivity contribution in [2.24, 2.45) is 5.92 Å². The standard InChI is InChI=1S/C21H33N3O4S/c1-16-6-4-5-7-20(16)22-21(25)17(2)23-12-14-24(15-13-23)29(26,27)19-10-8-18(28-3)9-11-19/h8-11,16-17,20H,4-7,12-15H2,1-3H3,(H,22,25)/p+1/t16-,17+,20-/m0/s1. The molecule has 0 spiro atoms. The molecule has 1 heterocycles. The number of sulfonamides is 1. The molecule has 29 heavy (non-hydrogen) atoms. The highest BCUT2D eigenvalue weighted by Gasteiger charge is 2.35. The molecule has 1 saturated carbocycles. The fourth-order valence-electron chi connectivity index (χ4n) is 4.37. The van der Waals surface area contributed by atoms with E-state index in [0.29, 0.717) is 37.8 Å². The number of benzene rings is 1. The third-order valence-electron chi connectivity index (χ3n) is 6.51. The SMILES string of the molecule is COc1ccc(S(=O)(=O)N2CC[NH+]([C@H](C)C(=O)N[C@H]3CCCC[C@@H]3C)CC2)cc1. The molecule has 1 aliphatic heterocycles. The van der Waals surface area contributed by atoms with E-state index in [0.717, 1.165) is 11.3 Å². The highest BCUT2D eigenvalue weighted by molar-refractivity contribution is 7.89. The first-order chi connectivity index (χ1) is 13.8. The van der Waals surface area contributed by atoms with Gasteiger partial charge in [0.05, 0.1) is 38.2 Å². The molecule has 0 radical (unpaired) electrons. The lowest BCUT2D eigenvalue weighted by molar-refractivity contribution is -0.917. The number of nitrogens with zero attached hydrogens (tertiary/aromatic N) is 1. The number of rotatable bonds is 6. The van der Waals surface area contributed by atoms with Crippen molar-refractivity contribution in [3.05, 3.63) is 24.3 Å². The molecule has 0 aromatic heterocycles. The minimum atomic E-state index is -3.52. The van der Waals surface area contributed by atoms with E-state index >= 15 is 0 Å². The summed E-state index contributed by atoms with van der Waals surface area (Å²) in [7, 11) is -1.97. The van der Waals surface area contributed by atoms with Gasteiger partial charge in [0.2, 0.25) is 10.0 Å². The molecule has 1 amide bonds. The number of ether oxygens (including phenoxy) is 1. The number of carbonyl (C=O) groups is 1. The zero-order valence-electron chi connectivity index (χ0n) is 17.7. The van der Waals surface area contributed by atoms with Crippen LogP contribution in [0.1, 0.15) is 39.5 Å². The van der Waals surface area contributed by atoms with Crippen LogP contribution in [0, 0.1) is 5.92 Å². The largest absolute Gasteiger partial charge is 0.497 e. The zero-order chi connectivity index (χ0) is 21.0. The summed E-state index contributed by atoms with van der Waals surface area (Å²) in [5.41, 5.74) is 0. The Labute approximate surface area is 174 Å². The van der Waals surface area contributed by atoms with Crippen LogP contribution in [0.25, 0.3) is 0 Å². The lowest BCUT2D eigenvalue weighted by atomic mass is 9.86. The molecule has 3 atom stereocenters. The van der Waals surface area contributed by atoms with Gasteiger partial charge in [0.1, 0.15) is 5.75 Å². The van der Waals surface area contributed by atoms with Crippen molar-refractivity contribution in [1.29, 1.82) is 0 Å². The Morgan fingerprint density at radius 1 is 1.17 bits per heavy atom. The number of methoxy groups -OCH3 is 1. The molecule has 2 N–H and O–H groups in total. The molecule has 7 nitrogen and oxygen atoms in total. The molecule has 1 aromatic carbocycles. The van der Waals surface area contributed by atoms with Crippen molar-refractivity contribution < 1.29 is 22.8 Å². The van der Waals surface area contributed by atoms with Gasteiger partial charge in [0.15, 0.2) is 6.04 Å². The summed E-state index contributed by atoms with van der Waals surface area (Å²) < 4.78 is 32.4. The fraction of sp³-hybridized carbons (Fsp3) is 0.667. The van der Waals surface area contributed by atoms with Gasteiger partial charge in [-0.2, -0.15) is 4.31 Å². The van der Waals surface area contributed by atoms with Crippen molar-refractivity contribution in [3.8, 4) is 5.75 Å². The van der Waals surface area contributed by atoms with Gasteiger partial charge in [0, 0.05) is 6.04 Å². The van der Waals surface area contributed by atoms with E-state index in [-0.39, 0.29) is 22.9 Å². The van der Waals surface area contributed by atoms with Crippen LogP contribution >= 0.6 is 0 Å². The highest BCUT2D eigenvalue weighted by atomic mass is 32.2. The summed E-state index contributed by atoms with van der Waals surface area (Å²) in [6, 6.07) is 6.58. The molecule has 2 aliphatic rings. The van der Waals surface area contributed by atoms with Gasteiger partial charge in [-0.25, -0.2) is 8.42 Å². The van der Waals surface area contributed by atoms with E-state index in [1.807, 2.05) is 6.92 Å². The van der Waals surface area contributed by atoms with Crippen LogP contribution in [0.4, 0.5) is 0 Å². The summed E-state index contributed by atoms with van der Waals surface area (Å²) in [5, 5.41) is 3.24. The molecule has 2 fully saturated rings. The van der Waals surface area contributed by atoms with Gasteiger partial charge < -0.3 is 15.0 Å². The van der Waals surface area contributed by atoms with Crippen LogP contribution in [0.2, 0.25) is 0 Å². The topological polar surface area (TPSA) is 80.2 Å². The van der Waals surface area contributed by atoms with E-state index in [1.54, 1.807) is 31.4 Å². The number of amides is 1. The molecule has 3 rings (SSSR count). The molecule has 1 saturated heterocycles. The van der Waals surface area contributed by atoms with Crippen LogP contribution < -0.4 is 15.0 Å². The first-order valence-corrected chi connectivity index (χ1v) is 12.1. The number of nitrogens with one attached hydrogen (secondary N) is 2. The molecule has 8 heteroatoms. The number of carbonyl (C=O) groups excluding carboxylic acids is 1. The molecule has 162 valence electrons. The Balaban J connectivity index is 1.55. The maximum atomic E-state index is 12.9. The average molecular weight is 425 g/mol. The van der Waals surface area contributed by atoms with E-state index in [1.165, 1.54) is 23.6 Å². The molecular weight excluding hydrogens is 390 g/mol. The number of piperazine rings is 1. The normalized spacial score (nSPS) is 25.3. The smallest absolute Gasteiger partial charge is 0.278 e. The number of hydrogen-bond donors (Lipinski definition) is 2. The predicted octanol–water partition coefficient (Wildman–Crippen LogP) is 0.668. The minimum Gasteiger partial charge on any atom is -0.497 e. The van der Waals surface area contributed by atoms with Crippen molar-refractivity contribution >= 4 is 15.9 Å². The van der Waals surface area contributed by atoms with E-state index < -0.39 is 10.0 Å². The Hall–Kier alpha value is -1.64. The number of hydrogen-bond acceptors (Lipinski definition) is 4. The van der Waals surface area contributed by atoms with Gasteiger partial charge in [-0.3, -0.25) is 4.79 Å². The van der Waals surface area contributed by atoms with Gasteiger partial charge in [-0.1, -0.05) is 19.8 Å². The molecular formula is C21H34N3O4S+. The van der Waals surface area contributed by atoms with Crippen molar-refractivity contribution in [2.45, 2.75) is 56.5 Å². The lowest BCUT2D eigenvalue weighted by Crippen LogP contribution is -3.19. The highest BCUT2D eigenvalue weighted by Crippen LogP contribution is 2.23. The maximum absolute atomic E-state index is 12.9. The maximum Gasteiger partial charge on any atom is 0.278 e. The first kappa shape index (κ1) is 22.1. The second-order valence-corrected chi connectivity index (χ2v) is 10.3. The van der Waals surface area contributed by atoms with E-state index in [2.05, 4.69) is 12.2 Å². The zero-order valence-corrected chi connectivity index (χ0v) is 18.5. The van der Waals surface area contributed by atoms with Gasteiger partial charge in [0.25, 0.3) is 5.91 Å². The Morgan fingerprint density at radius 3 is 2.38 bits per heavy atom. The second kappa shape index (κ2) is 9.45. The molecule has 0 unspecified atom stereocenters. The molecule has 0 bridgehead atoms. The van der Waals surface area contributed by atoms with Crippen LogP contribution in [-0.2, 0) is 14.8 Å². The van der Waals surface area contributed by atoms with Crippen LogP contribution in [0.3, 0.4) is 0 Å². The number of quaternary nitrogens is 1. The van der Waals surface area contributed by atoms with E-state index in [4.69, 9.17) is 4.74 Å². The molecule has 1 aromatic rings. The van der Waals surface area contributed by atoms with Crippen molar-refractivity contribution in [3.63, 3.8) is 0 Å².